The summed E-state index contributed by atoms with van der Waals surface area (Å²) in [5.41, 5.74) is 7.81. The highest BCUT2D eigenvalue weighted by Crippen LogP contribution is 2.47. The lowest BCUT2D eigenvalue weighted by Crippen LogP contribution is -2.08. The van der Waals surface area contributed by atoms with Gasteiger partial charge in [-0.15, -0.1) is 0 Å². The molecule has 0 saturated heterocycles. The third kappa shape index (κ3) is 6.17. The van der Waals surface area contributed by atoms with Crippen LogP contribution in [0, 0.1) is 0 Å². The quantitative estimate of drug-likeness (QED) is 0.150. The first-order valence-electron chi connectivity index (χ1n) is 14.4. The van der Waals surface area contributed by atoms with Gasteiger partial charge in [0.1, 0.15) is 34.5 Å². The van der Waals surface area contributed by atoms with Crippen LogP contribution in [0.3, 0.4) is 0 Å². The van der Waals surface area contributed by atoms with Gasteiger partial charge in [0.25, 0.3) is 0 Å². The van der Waals surface area contributed by atoms with Crippen LogP contribution in [0.5, 0.6) is 34.5 Å². The van der Waals surface area contributed by atoms with E-state index >= 15 is 0 Å². The summed E-state index contributed by atoms with van der Waals surface area (Å²) in [6.07, 6.45) is 0. The molecule has 45 heavy (non-hydrogen) atoms. The molecule has 232 valence electrons. The number of hydrogen-bond donors (Lipinski definition) is 0. The van der Waals surface area contributed by atoms with Crippen LogP contribution < -0.4 is 33.3 Å². The van der Waals surface area contributed by atoms with Crippen molar-refractivity contribution in [3.8, 4) is 79.3 Å². The van der Waals surface area contributed by atoms with E-state index in [1.54, 1.807) is 42.7 Å². The van der Waals surface area contributed by atoms with Crippen LogP contribution in [0.25, 0.3) is 44.8 Å². The molecule has 0 aliphatic heterocycles. The minimum atomic E-state index is 0.556. The summed E-state index contributed by atoms with van der Waals surface area (Å²) in [5.74, 6) is 3.43. The zero-order valence-corrected chi connectivity index (χ0v) is 26.9. The molecule has 0 amide bonds. The highest BCUT2D eigenvalue weighted by atomic mass is 16.5. The van der Waals surface area contributed by atoms with E-state index in [1.165, 1.54) is 0 Å². The number of benzene rings is 4. The fraction of sp³-hybridized carbons (Fsp3) is 0.216. The lowest BCUT2D eigenvalue weighted by molar-refractivity contribution is 0.377. The van der Waals surface area contributed by atoms with Gasteiger partial charge in [0, 0.05) is 44.0 Å². The molecule has 0 saturated carbocycles. The van der Waals surface area contributed by atoms with Crippen molar-refractivity contribution in [1.82, 2.24) is 4.98 Å². The Morgan fingerprint density at radius 2 is 0.933 bits per heavy atom. The second kappa shape index (κ2) is 13.5. The maximum absolute atomic E-state index is 5.87. The molecule has 0 N–H and O–H groups in total. The van der Waals surface area contributed by atoms with Gasteiger partial charge < -0.3 is 33.3 Å². The van der Waals surface area contributed by atoms with Crippen molar-refractivity contribution in [2.24, 2.45) is 0 Å². The van der Waals surface area contributed by atoms with Gasteiger partial charge >= 0.3 is 0 Å². The highest BCUT2D eigenvalue weighted by Gasteiger charge is 2.23. The Morgan fingerprint density at radius 3 is 1.33 bits per heavy atom. The van der Waals surface area contributed by atoms with Crippen LogP contribution in [0.15, 0.2) is 84.9 Å². The SMILES string of the molecule is COc1cc(OC)c(-c2cc(-c3cc(N(C)C)ccc3-c3ccccc3)cc(-c3c(OC)cc(OC)cc3OC)n2)c(OC)c1. The molecule has 1 aromatic heterocycles. The maximum atomic E-state index is 5.87. The Hall–Kier alpha value is -5.37. The summed E-state index contributed by atoms with van der Waals surface area (Å²) in [4.78, 5) is 7.28. The molecular formula is C37H38N2O6. The van der Waals surface area contributed by atoms with E-state index < -0.39 is 0 Å². The van der Waals surface area contributed by atoms with Crippen LogP contribution in [0.4, 0.5) is 5.69 Å². The lowest BCUT2D eigenvalue weighted by Gasteiger charge is -2.21. The highest BCUT2D eigenvalue weighted by molar-refractivity contribution is 5.91. The fourth-order valence-corrected chi connectivity index (χ4v) is 5.38. The van der Waals surface area contributed by atoms with Crippen molar-refractivity contribution < 1.29 is 28.4 Å². The largest absolute Gasteiger partial charge is 0.496 e. The van der Waals surface area contributed by atoms with E-state index in [0.717, 1.165) is 27.9 Å². The molecule has 4 aromatic carbocycles. The number of methoxy groups -OCH3 is 6. The van der Waals surface area contributed by atoms with Crippen molar-refractivity contribution in [1.29, 1.82) is 0 Å². The van der Waals surface area contributed by atoms with E-state index in [2.05, 4.69) is 47.4 Å². The van der Waals surface area contributed by atoms with Gasteiger partial charge in [0.15, 0.2) is 0 Å². The first-order valence-corrected chi connectivity index (χ1v) is 14.4. The van der Waals surface area contributed by atoms with Crippen molar-refractivity contribution in [3.05, 3.63) is 84.9 Å². The standard InChI is InChI=1S/C37H38N2O6/c1-39(2)25-14-15-28(23-12-10-9-11-13-23)29(18-25)24-16-30(36-32(42-5)19-26(40-3)20-33(36)43-6)38-31(17-24)37-34(44-7)21-27(41-4)22-35(37)45-8/h9-22H,1-8H3. The van der Waals surface area contributed by atoms with Crippen molar-refractivity contribution in [2.45, 2.75) is 0 Å². The molecule has 0 bridgehead atoms. The average Bonchev–Trinajstić information content (AvgIpc) is 3.09. The van der Waals surface area contributed by atoms with Crippen LogP contribution >= 0.6 is 0 Å². The predicted molar refractivity (Wildman–Crippen MR) is 180 cm³/mol. The van der Waals surface area contributed by atoms with E-state index in [1.807, 2.05) is 56.6 Å². The fourth-order valence-electron chi connectivity index (χ4n) is 5.38. The minimum absolute atomic E-state index is 0.556. The monoisotopic (exact) mass is 606 g/mol. The molecule has 0 radical (unpaired) electrons. The molecule has 1 heterocycles. The summed E-state index contributed by atoms with van der Waals surface area (Å²) in [7, 11) is 13.7. The van der Waals surface area contributed by atoms with E-state index in [9.17, 15) is 0 Å². The zero-order valence-electron chi connectivity index (χ0n) is 26.9. The van der Waals surface area contributed by atoms with Gasteiger partial charge in [0.2, 0.25) is 0 Å². The van der Waals surface area contributed by atoms with Gasteiger partial charge in [-0.1, -0.05) is 36.4 Å². The number of ether oxygens (including phenoxy) is 6. The smallest absolute Gasteiger partial charge is 0.135 e. The third-order valence-corrected chi connectivity index (χ3v) is 7.68. The molecule has 5 aromatic rings. The van der Waals surface area contributed by atoms with Crippen molar-refractivity contribution in [2.75, 3.05) is 61.7 Å². The first-order chi connectivity index (χ1) is 21.8. The second-order valence-electron chi connectivity index (χ2n) is 10.4. The normalized spacial score (nSPS) is 10.7. The van der Waals surface area contributed by atoms with E-state index in [-0.39, 0.29) is 0 Å². The Labute approximate surface area is 264 Å². The Balaban J connectivity index is 1.91. The molecule has 0 spiro atoms. The summed E-state index contributed by atoms with van der Waals surface area (Å²) in [6.45, 7) is 0. The van der Waals surface area contributed by atoms with E-state index in [4.69, 9.17) is 33.4 Å². The minimum Gasteiger partial charge on any atom is -0.496 e. The maximum Gasteiger partial charge on any atom is 0.135 e. The lowest BCUT2D eigenvalue weighted by atomic mass is 9.92. The number of aromatic nitrogens is 1. The Kier molecular flexibility index (Phi) is 9.33. The third-order valence-electron chi connectivity index (χ3n) is 7.68. The molecule has 8 nitrogen and oxygen atoms in total. The van der Waals surface area contributed by atoms with E-state index in [0.29, 0.717) is 57.0 Å². The molecule has 0 fully saturated rings. The van der Waals surface area contributed by atoms with Gasteiger partial charge in [-0.2, -0.15) is 0 Å². The first kappa shape index (κ1) is 31.1. The molecule has 0 unspecified atom stereocenters. The Bertz CT molecular complexity index is 1670. The van der Waals surface area contributed by atoms with Gasteiger partial charge in [0.05, 0.1) is 65.2 Å². The van der Waals surface area contributed by atoms with Crippen LogP contribution in [0.2, 0.25) is 0 Å². The molecule has 0 aliphatic carbocycles. The Morgan fingerprint density at radius 1 is 0.467 bits per heavy atom. The van der Waals surface area contributed by atoms with Gasteiger partial charge in [-0.05, 0) is 46.5 Å². The number of rotatable bonds is 11. The van der Waals surface area contributed by atoms with Crippen molar-refractivity contribution in [3.63, 3.8) is 0 Å². The summed E-state index contributed by atoms with van der Waals surface area (Å²) < 4.78 is 34.5. The molecule has 5 rings (SSSR count). The molecular weight excluding hydrogens is 568 g/mol. The molecule has 0 aliphatic rings. The van der Waals surface area contributed by atoms with Crippen LogP contribution in [-0.2, 0) is 0 Å². The van der Waals surface area contributed by atoms with Crippen LogP contribution in [0.1, 0.15) is 0 Å². The average molecular weight is 607 g/mol. The second-order valence-corrected chi connectivity index (χ2v) is 10.4. The summed E-state index contributed by atoms with van der Waals surface area (Å²) in [6, 6.07) is 28.2. The molecule has 0 atom stereocenters. The van der Waals surface area contributed by atoms with Crippen molar-refractivity contribution >= 4 is 5.69 Å². The van der Waals surface area contributed by atoms with Gasteiger partial charge in [-0.3, -0.25) is 0 Å². The predicted octanol–water partition coefficient (Wildman–Crippen LogP) is 7.87. The topological polar surface area (TPSA) is 71.5 Å². The molecule has 8 heteroatoms. The summed E-state index contributed by atoms with van der Waals surface area (Å²) in [5, 5.41) is 0. The number of pyridine rings is 1. The van der Waals surface area contributed by atoms with Gasteiger partial charge in [-0.25, -0.2) is 4.98 Å². The van der Waals surface area contributed by atoms with Crippen LogP contribution in [-0.4, -0.2) is 61.7 Å². The zero-order chi connectivity index (χ0) is 32.1. The number of nitrogens with zero attached hydrogens (tertiary/aromatic N) is 2. The summed E-state index contributed by atoms with van der Waals surface area (Å²) >= 11 is 0. The number of anilines is 1. The number of hydrogen-bond acceptors (Lipinski definition) is 8.